The van der Waals surface area contributed by atoms with Gasteiger partial charge in [-0.2, -0.15) is 0 Å². The van der Waals surface area contributed by atoms with E-state index in [2.05, 4.69) is 31.1 Å². The molecule has 1 aliphatic carbocycles. The molecule has 2 heteroatoms. The quantitative estimate of drug-likeness (QED) is 0.792. The molecule has 0 aromatic carbocycles. The third kappa shape index (κ3) is 2.98. The van der Waals surface area contributed by atoms with Crippen molar-refractivity contribution in [2.24, 2.45) is 11.8 Å². The Hall–Kier alpha value is -0.0800. The van der Waals surface area contributed by atoms with Crippen LogP contribution in [0.1, 0.15) is 46.0 Å². The van der Waals surface area contributed by atoms with Gasteiger partial charge in [0, 0.05) is 18.6 Å². The first kappa shape index (κ1) is 12.4. The van der Waals surface area contributed by atoms with Crippen LogP contribution in [-0.2, 0) is 0 Å². The number of nitrogens with zero attached hydrogens (tertiary/aromatic N) is 1. The van der Waals surface area contributed by atoms with Crippen LogP contribution in [0.3, 0.4) is 0 Å². The maximum absolute atomic E-state index is 3.56. The SMILES string of the molecule is CC1CCC(N(C)CC2CCNC2C)CC1. The van der Waals surface area contributed by atoms with Crippen LogP contribution in [0.25, 0.3) is 0 Å². The van der Waals surface area contributed by atoms with Gasteiger partial charge in [-0.05, 0) is 64.5 Å². The Labute approximate surface area is 101 Å². The Morgan fingerprint density at radius 2 is 1.75 bits per heavy atom. The lowest BCUT2D eigenvalue weighted by atomic mass is 9.86. The van der Waals surface area contributed by atoms with Crippen molar-refractivity contribution in [3.8, 4) is 0 Å². The summed E-state index contributed by atoms with van der Waals surface area (Å²) < 4.78 is 0. The van der Waals surface area contributed by atoms with Crippen molar-refractivity contribution in [1.82, 2.24) is 10.2 Å². The lowest BCUT2D eigenvalue weighted by Crippen LogP contribution is -2.40. The molecule has 0 bridgehead atoms. The molecule has 2 unspecified atom stereocenters. The van der Waals surface area contributed by atoms with Crippen molar-refractivity contribution in [3.05, 3.63) is 0 Å². The van der Waals surface area contributed by atoms with Crippen LogP contribution >= 0.6 is 0 Å². The van der Waals surface area contributed by atoms with Gasteiger partial charge in [0.25, 0.3) is 0 Å². The molecule has 94 valence electrons. The largest absolute Gasteiger partial charge is 0.314 e. The molecule has 2 rings (SSSR count). The Kier molecular flexibility index (Phi) is 4.26. The Bertz CT molecular complexity index is 209. The average Bonchev–Trinajstić information content (AvgIpc) is 2.65. The molecular weight excluding hydrogens is 196 g/mol. The van der Waals surface area contributed by atoms with Crippen LogP contribution in [0, 0.1) is 11.8 Å². The summed E-state index contributed by atoms with van der Waals surface area (Å²) in [5.74, 6) is 1.85. The number of nitrogens with one attached hydrogen (secondary N) is 1. The Morgan fingerprint density at radius 3 is 2.31 bits per heavy atom. The molecule has 2 nitrogen and oxygen atoms in total. The molecule has 2 fully saturated rings. The molecule has 1 saturated carbocycles. The molecule has 0 aromatic rings. The summed E-state index contributed by atoms with van der Waals surface area (Å²) in [6.45, 7) is 7.27. The van der Waals surface area contributed by atoms with Crippen LogP contribution < -0.4 is 5.32 Å². The smallest absolute Gasteiger partial charge is 0.00925 e. The van der Waals surface area contributed by atoms with Crippen molar-refractivity contribution >= 4 is 0 Å². The van der Waals surface area contributed by atoms with E-state index in [1.165, 1.54) is 45.2 Å². The zero-order valence-corrected chi connectivity index (χ0v) is 11.2. The highest BCUT2D eigenvalue weighted by Gasteiger charge is 2.27. The van der Waals surface area contributed by atoms with E-state index in [9.17, 15) is 0 Å². The summed E-state index contributed by atoms with van der Waals surface area (Å²) in [5.41, 5.74) is 0. The van der Waals surface area contributed by atoms with Gasteiger partial charge in [-0.25, -0.2) is 0 Å². The molecule has 1 heterocycles. The minimum Gasteiger partial charge on any atom is -0.314 e. The molecule has 1 N–H and O–H groups in total. The van der Waals surface area contributed by atoms with E-state index in [1.54, 1.807) is 0 Å². The predicted molar refractivity (Wildman–Crippen MR) is 69.6 cm³/mol. The van der Waals surface area contributed by atoms with Gasteiger partial charge >= 0.3 is 0 Å². The van der Waals surface area contributed by atoms with Gasteiger partial charge in [0.1, 0.15) is 0 Å². The third-order valence-corrected chi connectivity index (χ3v) is 4.82. The standard InChI is InChI=1S/C14H28N2/c1-11-4-6-14(7-5-11)16(3)10-13-8-9-15-12(13)2/h11-15H,4-10H2,1-3H3. The summed E-state index contributed by atoms with van der Waals surface area (Å²) in [6.07, 6.45) is 7.09. The minimum atomic E-state index is 0.727. The fraction of sp³-hybridized carbons (Fsp3) is 1.00. The lowest BCUT2D eigenvalue weighted by Gasteiger charge is -2.35. The zero-order valence-electron chi connectivity index (χ0n) is 11.2. The van der Waals surface area contributed by atoms with Crippen molar-refractivity contribution in [3.63, 3.8) is 0 Å². The molecule has 1 saturated heterocycles. The maximum Gasteiger partial charge on any atom is 0.00925 e. The van der Waals surface area contributed by atoms with Gasteiger partial charge in [0.2, 0.25) is 0 Å². The van der Waals surface area contributed by atoms with Crippen LogP contribution in [0.2, 0.25) is 0 Å². The number of rotatable bonds is 3. The van der Waals surface area contributed by atoms with Crippen molar-refractivity contribution in [2.45, 2.75) is 58.0 Å². The van der Waals surface area contributed by atoms with Gasteiger partial charge in [-0.1, -0.05) is 6.92 Å². The van der Waals surface area contributed by atoms with Gasteiger partial charge in [0.15, 0.2) is 0 Å². The summed E-state index contributed by atoms with van der Waals surface area (Å²) in [7, 11) is 2.34. The second-order valence-electron chi connectivity index (χ2n) is 6.14. The van der Waals surface area contributed by atoms with Crippen LogP contribution in [-0.4, -0.2) is 37.1 Å². The topological polar surface area (TPSA) is 15.3 Å². The molecule has 0 radical (unpaired) electrons. The molecular formula is C14H28N2. The monoisotopic (exact) mass is 224 g/mol. The van der Waals surface area contributed by atoms with Crippen molar-refractivity contribution in [2.75, 3.05) is 20.1 Å². The average molecular weight is 224 g/mol. The first-order valence-electron chi connectivity index (χ1n) is 7.10. The highest BCUT2D eigenvalue weighted by atomic mass is 15.1. The highest BCUT2D eigenvalue weighted by molar-refractivity contribution is 4.84. The number of hydrogen-bond acceptors (Lipinski definition) is 2. The van der Waals surface area contributed by atoms with Gasteiger partial charge in [-0.3, -0.25) is 0 Å². The first-order chi connectivity index (χ1) is 7.66. The minimum absolute atomic E-state index is 0.727. The molecule has 2 aliphatic rings. The van der Waals surface area contributed by atoms with Crippen LogP contribution in [0.4, 0.5) is 0 Å². The van der Waals surface area contributed by atoms with Crippen LogP contribution in [0.15, 0.2) is 0 Å². The fourth-order valence-electron chi connectivity index (χ4n) is 3.36. The first-order valence-corrected chi connectivity index (χ1v) is 7.10. The second kappa shape index (κ2) is 5.50. The van der Waals surface area contributed by atoms with Gasteiger partial charge in [0.05, 0.1) is 0 Å². The molecule has 2 atom stereocenters. The third-order valence-electron chi connectivity index (χ3n) is 4.82. The Balaban J connectivity index is 1.76. The summed E-state index contributed by atoms with van der Waals surface area (Å²) in [5, 5.41) is 3.56. The van der Waals surface area contributed by atoms with E-state index in [-0.39, 0.29) is 0 Å². The van der Waals surface area contributed by atoms with E-state index in [0.717, 1.165) is 23.9 Å². The van der Waals surface area contributed by atoms with E-state index in [0.29, 0.717) is 0 Å². The predicted octanol–water partition coefficient (Wildman–Crippen LogP) is 2.49. The Morgan fingerprint density at radius 1 is 1.06 bits per heavy atom. The maximum atomic E-state index is 3.56. The van der Waals surface area contributed by atoms with E-state index in [1.807, 2.05) is 0 Å². The molecule has 0 aromatic heterocycles. The van der Waals surface area contributed by atoms with E-state index < -0.39 is 0 Å². The van der Waals surface area contributed by atoms with E-state index in [4.69, 9.17) is 0 Å². The summed E-state index contributed by atoms with van der Waals surface area (Å²) in [4.78, 5) is 2.64. The van der Waals surface area contributed by atoms with Crippen molar-refractivity contribution < 1.29 is 0 Å². The van der Waals surface area contributed by atoms with Crippen molar-refractivity contribution in [1.29, 1.82) is 0 Å². The summed E-state index contributed by atoms with van der Waals surface area (Å²) in [6, 6.07) is 1.59. The van der Waals surface area contributed by atoms with Crippen LogP contribution in [0.5, 0.6) is 0 Å². The van der Waals surface area contributed by atoms with E-state index >= 15 is 0 Å². The molecule has 1 aliphatic heterocycles. The molecule has 0 spiro atoms. The van der Waals surface area contributed by atoms with Gasteiger partial charge < -0.3 is 10.2 Å². The summed E-state index contributed by atoms with van der Waals surface area (Å²) >= 11 is 0. The lowest BCUT2D eigenvalue weighted by molar-refractivity contribution is 0.146. The zero-order chi connectivity index (χ0) is 11.5. The fourth-order valence-corrected chi connectivity index (χ4v) is 3.36. The number of hydrogen-bond donors (Lipinski definition) is 1. The second-order valence-corrected chi connectivity index (χ2v) is 6.14. The molecule has 0 amide bonds. The highest BCUT2D eigenvalue weighted by Crippen LogP contribution is 2.27. The normalized spacial score (nSPS) is 40.5. The van der Waals surface area contributed by atoms with Gasteiger partial charge in [-0.15, -0.1) is 0 Å². The molecule has 16 heavy (non-hydrogen) atoms.